The van der Waals surface area contributed by atoms with E-state index in [2.05, 4.69) is 17.2 Å². The van der Waals surface area contributed by atoms with Gasteiger partial charge in [0.15, 0.2) is 0 Å². The van der Waals surface area contributed by atoms with Crippen LogP contribution in [0.3, 0.4) is 0 Å². The molecule has 0 bridgehead atoms. The first-order valence-electron chi connectivity index (χ1n) is 7.27. The van der Waals surface area contributed by atoms with Crippen molar-refractivity contribution >= 4 is 18.1 Å². The first-order valence-corrected chi connectivity index (χ1v) is 7.27. The Morgan fingerprint density at radius 2 is 2.00 bits per heavy atom. The van der Waals surface area contributed by atoms with Crippen LogP contribution in [-0.4, -0.2) is 23.8 Å². The third-order valence-corrected chi connectivity index (χ3v) is 3.11. The first-order chi connectivity index (χ1) is 12.1. The van der Waals surface area contributed by atoms with E-state index in [1.54, 1.807) is 0 Å². The van der Waals surface area contributed by atoms with Crippen LogP contribution in [-0.2, 0) is 11.3 Å². The van der Waals surface area contributed by atoms with Crippen LogP contribution in [0.2, 0.25) is 0 Å². The van der Waals surface area contributed by atoms with Gasteiger partial charge in [-0.3, -0.25) is 14.9 Å². The monoisotopic (exact) mass is 338 g/mol. The number of hydrogen-bond acceptors (Lipinski definition) is 5. The maximum Gasteiger partial charge on any atom is 0.408 e. The highest BCUT2D eigenvalue weighted by Gasteiger charge is 2.12. The summed E-state index contributed by atoms with van der Waals surface area (Å²) in [6, 6.07) is 13.2. The predicted octanol–water partition coefficient (Wildman–Crippen LogP) is 2.69. The largest absolute Gasteiger partial charge is 0.445 e. The average Bonchev–Trinajstić information content (AvgIpc) is 2.64. The lowest BCUT2D eigenvalue weighted by Crippen LogP contribution is -2.24. The summed E-state index contributed by atoms with van der Waals surface area (Å²) in [6.07, 6.45) is -0.113. The van der Waals surface area contributed by atoms with Crippen molar-refractivity contribution in [2.45, 2.75) is 6.61 Å². The Labute approximate surface area is 143 Å². The summed E-state index contributed by atoms with van der Waals surface area (Å²) in [5.41, 5.74) is 0.952. The molecule has 0 saturated heterocycles. The summed E-state index contributed by atoms with van der Waals surface area (Å²) in [6.45, 7) is 0.110. The molecular weight excluding hydrogens is 324 g/mol. The van der Waals surface area contributed by atoms with E-state index in [0.29, 0.717) is 6.29 Å². The van der Waals surface area contributed by atoms with Crippen molar-refractivity contribution in [3.8, 4) is 11.8 Å². The summed E-state index contributed by atoms with van der Waals surface area (Å²) in [7, 11) is 0. The van der Waals surface area contributed by atoms with Crippen molar-refractivity contribution in [2.24, 2.45) is 0 Å². The fraction of sp³-hybridized carbons (Fsp3) is 0.111. The van der Waals surface area contributed by atoms with Gasteiger partial charge in [-0.1, -0.05) is 42.2 Å². The number of amides is 1. The molecule has 2 rings (SSSR count). The number of rotatable bonds is 5. The van der Waals surface area contributed by atoms with Gasteiger partial charge in [0.05, 0.1) is 11.5 Å². The van der Waals surface area contributed by atoms with Crippen molar-refractivity contribution in [3.05, 3.63) is 75.3 Å². The van der Waals surface area contributed by atoms with Crippen LogP contribution in [0.15, 0.2) is 48.5 Å². The number of carbonyl (C=O) groups is 2. The standard InChI is InChI=1S/C18H14N2O5/c21-12-15-8-9-16(17(11-15)20(23)24)7-4-10-19-18(22)25-13-14-5-2-1-3-6-14/h1-3,5-6,8-9,11-12H,10,13H2,(H,19,22). The minimum absolute atomic E-state index is 0.0276. The van der Waals surface area contributed by atoms with Crippen LogP contribution in [0.25, 0.3) is 0 Å². The number of benzene rings is 2. The average molecular weight is 338 g/mol. The Morgan fingerprint density at radius 1 is 1.24 bits per heavy atom. The van der Waals surface area contributed by atoms with E-state index in [9.17, 15) is 19.7 Å². The van der Waals surface area contributed by atoms with Crippen molar-refractivity contribution in [2.75, 3.05) is 6.54 Å². The predicted molar refractivity (Wildman–Crippen MR) is 90.0 cm³/mol. The molecule has 0 heterocycles. The third kappa shape index (κ3) is 5.48. The zero-order valence-corrected chi connectivity index (χ0v) is 13.1. The molecule has 0 unspecified atom stereocenters. The first kappa shape index (κ1) is 17.7. The fourth-order valence-corrected chi connectivity index (χ4v) is 1.91. The number of carbonyl (C=O) groups excluding carboxylic acids is 2. The van der Waals surface area contributed by atoms with Gasteiger partial charge in [-0.2, -0.15) is 0 Å². The van der Waals surface area contributed by atoms with Gasteiger partial charge in [-0.25, -0.2) is 4.79 Å². The summed E-state index contributed by atoms with van der Waals surface area (Å²) >= 11 is 0. The number of aldehydes is 1. The molecule has 0 spiro atoms. The highest BCUT2D eigenvalue weighted by atomic mass is 16.6. The number of hydrogen-bond donors (Lipinski definition) is 1. The Hall–Kier alpha value is -3.66. The van der Waals surface area contributed by atoms with Gasteiger partial charge in [0.2, 0.25) is 0 Å². The number of ether oxygens (including phenoxy) is 1. The molecule has 1 amide bonds. The van der Waals surface area contributed by atoms with E-state index in [1.807, 2.05) is 30.3 Å². The summed E-state index contributed by atoms with van der Waals surface area (Å²) in [4.78, 5) is 32.6. The number of nitrogens with zero attached hydrogens (tertiary/aromatic N) is 1. The van der Waals surface area contributed by atoms with Crippen molar-refractivity contribution in [1.29, 1.82) is 0 Å². The quantitative estimate of drug-likeness (QED) is 0.391. The maximum atomic E-state index is 11.5. The van der Waals surface area contributed by atoms with E-state index < -0.39 is 11.0 Å². The van der Waals surface area contributed by atoms with E-state index >= 15 is 0 Å². The van der Waals surface area contributed by atoms with Gasteiger partial charge in [-0.05, 0) is 17.7 Å². The van der Waals surface area contributed by atoms with E-state index in [1.165, 1.54) is 12.1 Å². The molecule has 7 nitrogen and oxygen atoms in total. The summed E-state index contributed by atoms with van der Waals surface area (Å²) in [5.74, 6) is 5.21. The van der Waals surface area contributed by atoms with Crippen molar-refractivity contribution in [3.63, 3.8) is 0 Å². The molecular formula is C18H14N2O5. The molecule has 0 aliphatic heterocycles. The van der Waals surface area contributed by atoms with Crippen molar-refractivity contribution < 1.29 is 19.2 Å². The van der Waals surface area contributed by atoms with E-state index in [4.69, 9.17) is 4.74 Å². The lowest BCUT2D eigenvalue weighted by Gasteiger charge is -2.04. The normalized spacial score (nSPS) is 9.44. The second-order valence-electron chi connectivity index (χ2n) is 4.87. The molecule has 2 aromatic rings. The highest BCUT2D eigenvalue weighted by molar-refractivity contribution is 5.77. The molecule has 0 aliphatic carbocycles. The second kappa shape index (κ2) is 8.84. The van der Waals surface area contributed by atoms with Gasteiger partial charge in [0, 0.05) is 11.6 Å². The molecule has 1 N–H and O–H groups in total. The number of nitro groups is 1. The van der Waals surface area contributed by atoms with Gasteiger partial charge in [0.25, 0.3) is 5.69 Å². The summed E-state index contributed by atoms with van der Waals surface area (Å²) < 4.78 is 5.01. The Morgan fingerprint density at radius 3 is 2.68 bits per heavy atom. The number of alkyl carbamates (subject to hydrolysis) is 1. The Bertz CT molecular complexity index is 838. The Kier molecular flexibility index (Phi) is 6.25. The van der Waals surface area contributed by atoms with Crippen LogP contribution < -0.4 is 5.32 Å². The van der Waals surface area contributed by atoms with Gasteiger partial charge in [-0.15, -0.1) is 0 Å². The summed E-state index contributed by atoms with van der Waals surface area (Å²) in [5, 5.41) is 13.4. The van der Waals surface area contributed by atoms with Crippen molar-refractivity contribution in [1.82, 2.24) is 5.32 Å². The van der Waals surface area contributed by atoms with E-state index in [0.717, 1.165) is 11.6 Å². The number of nitro benzene ring substituents is 1. The van der Waals surface area contributed by atoms with Crippen LogP contribution >= 0.6 is 0 Å². The fourth-order valence-electron chi connectivity index (χ4n) is 1.91. The topological polar surface area (TPSA) is 98.5 Å². The SMILES string of the molecule is O=Cc1ccc(C#CCNC(=O)OCc2ccccc2)c([N+](=O)[O-])c1. The smallest absolute Gasteiger partial charge is 0.408 e. The second-order valence-corrected chi connectivity index (χ2v) is 4.87. The molecule has 25 heavy (non-hydrogen) atoms. The Balaban J connectivity index is 1.89. The van der Waals surface area contributed by atoms with Gasteiger partial charge >= 0.3 is 6.09 Å². The van der Waals surface area contributed by atoms with Crippen LogP contribution in [0.5, 0.6) is 0 Å². The number of nitrogens with one attached hydrogen (secondary N) is 1. The molecule has 2 aromatic carbocycles. The lowest BCUT2D eigenvalue weighted by atomic mass is 10.1. The van der Waals surface area contributed by atoms with Gasteiger partial charge < -0.3 is 10.1 Å². The molecule has 0 atom stereocenters. The zero-order valence-electron chi connectivity index (χ0n) is 13.1. The van der Waals surface area contributed by atoms with Gasteiger partial charge in [0.1, 0.15) is 18.5 Å². The van der Waals surface area contributed by atoms with E-state index in [-0.39, 0.29) is 30.0 Å². The molecule has 7 heteroatoms. The molecule has 0 aromatic heterocycles. The third-order valence-electron chi connectivity index (χ3n) is 3.11. The van der Waals surface area contributed by atoms with Crippen LogP contribution in [0.1, 0.15) is 21.5 Å². The zero-order chi connectivity index (χ0) is 18.1. The van der Waals surface area contributed by atoms with Crippen LogP contribution in [0.4, 0.5) is 10.5 Å². The molecule has 126 valence electrons. The highest BCUT2D eigenvalue weighted by Crippen LogP contribution is 2.18. The maximum absolute atomic E-state index is 11.5. The minimum Gasteiger partial charge on any atom is -0.445 e. The molecule has 0 saturated carbocycles. The molecule has 0 aliphatic rings. The molecule has 0 fully saturated rings. The lowest BCUT2D eigenvalue weighted by molar-refractivity contribution is -0.385. The van der Waals surface area contributed by atoms with Crippen LogP contribution in [0, 0.1) is 22.0 Å². The molecule has 0 radical (unpaired) electrons. The minimum atomic E-state index is -0.635.